The minimum absolute atomic E-state index is 0.0345. The highest BCUT2D eigenvalue weighted by molar-refractivity contribution is 7.92. The van der Waals surface area contributed by atoms with Gasteiger partial charge >= 0.3 is 0 Å². The zero-order valence-corrected chi connectivity index (χ0v) is 18.0. The average molecular weight is 466 g/mol. The molecule has 0 fully saturated rings. The molecule has 0 aliphatic heterocycles. The van der Waals surface area contributed by atoms with E-state index in [-0.39, 0.29) is 27.1 Å². The van der Waals surface area contributed by atoms with Gasteiger partial charge in [0.1, 0.15) is 4.90 Å². The van der Waals surface area contributed by atoms with Crippen molar-refractivity contribution in [1.29, 1.82) is 0 Å². The van der Waals surface area contributed by atoms with Gasteiger partial charge in [-0.05, 0) is 36.4 Å². The van der Waals surface area contributed by atoms with E-state index in [1.165, 1.54) is 24.5 Å². The number of nitrogens with one attached hydrogen (secondary N) is 1. The van der Waals surface area contributed by atoms with Crippen molar-refractivity contribution in [3.05, 3.63) is 95.5 Å². The number of nitrogen functional groups attached to an aromatic ring is 1. The zero-order chi connectivity index (χ0) is 22.7. The normalized spacial score (nSPS) is 11.2. The quantitative estimate of drug-likeness (QED) is 0.414. The molecule has 0 amide bonds. The number of rotatable bonds is 6. The van der Waals surface area contributed by atoms with Gasteiger partial charge in [-0.3, -0.25) is 14.5 Å². The van der Waals surface area contributed by atoms with Gasteiger partial charge in [0, 0.05) is 29.2 Å². The van der Waals surface area contributed by atoms with Gasteiger partial charge in [0.05, 0.1) is 16.9 Å². The molecule has 0 aliphatic carbocycles. The number of ketones is 1. The van der Waals surface area contributed by atoms with Crippen LogP contribution in [0.15, 0.2) is 84.1 Å². The number of benzene rings is 2. The maximum absolute atomic E-state index is 12.9. The number of pyridine rings is 1. The van der Waals surface area contributed by atoms with Crippen LogP contribution in [-0.4, -0.2) is 29.2 Å². The molecule has 3 N–H and O–H groups in total. The summed E-state index contributed by atoms with van der Waals surface area (Å²) in [6, 6.07) is 16.0. The van der Waals surface area contributed by atoms with Gasteiger partial charge in [0.15, 0.2) is 11.5 Å². The molecule has 0 saturated carbocycles. The molecule has 0 bridgehead atoms. The Morgan fingerprint density at radius 2 is 1.78 bits per heavy atom. The lowest BCUT2D eigenvalue weighted by Gasteiger charge is -2.12. The zero-order valence-electron chi connectivity index (χ0n) is 16.4. The summed E-state index contributed by atoms with van der Waals surface area (Å²) in [6.45, 7) is 0. The van der Waals surface area contributed by atoms with Gasteiger partial charge < -0.3 is 5.73 Å². The first-order valence-electron chi connectivity index (χ1n) is 9.30. The van der Waals surface area contributed by atoms with Crippen LogP contribution in [0.4, 0.5) is 11.5 Å². The molecule has 10 heteroatoms. The molecule has 0 saturated heterocycles. The molecule has 2 heterocycles. The van der Waals surface area contributed by atoms with Gasteiger partial charge in [-0.15, -0.1) is 0 Å². The fourth-order valence-corrected chi connectivity index (χ4v) is 4.51. The lowest BCUT2D eigenvalue weighted by Crippen LogP contribution is -2.14. The molecule has 0 unspecified atom stereocenters. The van der Waals surface area contributed by atoms with Crippen molar-refractivity contribution >= 4 is 38.9 Å². The Kier molecular flexibility index (Phi) is 5.85. The second-order valence-corrected chi connectivity index (χ2v) is 8.73. The second kappa shape index (κ2) is 8.74. The lowest BCUT2D eigenvalue weighted by molar-refractivity contribution is 0.103. The molecular formula is C22H16ClN5O3S. The number of carbonyl (C=O) groups is 1. The minimum Gasteiger partial charge on any atom is -0.382 e. The second-order valence-electron chi connectivity index (χ2n) is 6.68. The van der Waals surface area contributed by atoms with Crippen LogP contribution in [0.25, 0.3) is 11.3 Å². The van der Waals surface area contributed by atoms with Crippen LogP contribution < -0.4 is 10.5 Å². The number of hydrogen-bond donors (Lipinski definition) is 2. The van der Waals surface area contributed by atoms with Crippen LogP contribution in [0.5, 0.6) is 0 Å². The van der Waals surface area contributed by atoms with Crippen molar-refractivity contribution in [3.63, 3.8) is 0 Å². The first-order chi connectivity index (χ1) is 15.3. The highest BCUT2D eigenvalue weighted by Gasteiger charge is 2.21. The molecule has 0 atom stereocenters. The summed E-state index contributed by atoms with van der Waals surface area (Å²) in [6.07, 6.45) is 4.30. The molecule has 0 radical (unpaired) electrons. The van der Waals surface area contributed by atoms with Crippen molar-refractivity contribution in [3.8, 4) is 11.3 Å². The van der Waals surface area contributed by atoms with E-state index in [0.717, 1.165) is 0 Å². The molecule has 0 aliphatic rings. The van der Waals surface area contributed by atoms with Crippen molar-refractivity contribution in [2.45, 2.75) is 4.90 Å². The van der Waals surface area contributed by atoms with Crippen LogP contribution in [0.1, 0.15) is 16.1 Å². The Balaban J connectivity index is 1.73. The number of halogens is 1. The number of hydrogen-bond acceptors (Lipinski definition) is 7. The van der Waals surface area contributed by atoms with Gasteiger partial charge in [-0.1, -0.05) is 35.9 Å². The average Bonchev–Trinajstić information content (AvgIpc) is 2.80. The third-order valence-corrected chi connectivity index (χ3v) is 6.34. The Labute approximate surface area is 189 Å². The fourth-order valence-electron chi connectivity index (χ4n) is 2.92. The van der Waals surface area contributed by atoms with Crippen LogP contribution in [0.2, 0.25) is 5.02 Å². The van der Waals surface area contributed by atoms with Crippen molar-refractivity contribution in [2.24, 2.45) is 0 Å². The van der Waals surface area contributed by atoms with E-state index in [1.54, 1.807) is 54.7 Å². The maximum Gasteiger partial charge on any atom is 0.263 e. The number of sulfonamides is 1. The number of anilines is 2. The lowest BCUT2D eigenvalue weighted by atomic mass is 10.1. The summed E-state index contributed by atoms with van der Waals surface area (Å²) in [5.41, 5.74) is 7.17. The number of nitrogens with zero attached hydrogens (tertiary/aromatic N) is 3. The summed E-state index contributed by atoms with van der Waals surface area (Å²) in [5, 5.41) is 0.0345. The predicted octanol–water partition coefficient (Wildman–Crippen LogP) is 3.81. The third-order valence-electron chi connectivity index (χ3n) is 4.48. The molecule has 0 spiro atoms. The minimum atomic E-state index is -3.98. The first kappa shape index (κ1) is 21.4. The van der Waals surface area contributed by atoms with E-state index >= 15 is 0 Å². The number of carbonyl (C=O) groups excluding carboxylic acids is 1. The van der Waals surface area contributed by atoms with Crippen LogP contribution >= 0.6 is 11.6 Å². The molecule has 8 nitrogen and oxygen atoms in total. The summed E-state index contributed by atoms with van der Waals surface area (Å²) in [5.74, 6) is -0.493. The first-order valence-corrected chi connectivity index (χ1v) is 11.2. The molecule has 2 aromatic carbocycles. The smallest absolute Gasteiger partial charge is 0.263 e. The highest BCUT2D eigenvalue weighted by Crippen LogP contribution is 2.29. The van der Waals surface area contributed by atoms with Crippen molar-refractivity contribution in [2.75, 3.05) is 10.5 Å². The number of aromatic nitrogens is 3. The van der Waals surface area contributed by atoms with Crippen molar-refractivity contribution in [1.82, 2.24) is 15.0 Å². The molecule has 4 rings (SSSR count). The van der Waals surface area contributed by atoms with Crippen LogP contribution in [0.3, 0.4) is 0 Å². The molecule has 160 valence electrons. The largest absolute Gasteiger partial charge is 0.382 e. The Morgan fingerprint density at radius 3 is 2.50 bits per heavy atom. The Hall–Kier alpha value is -3.82. The molecular weight excluding hydrogens is 450 g/mol. The van der Waals surface area contributed by atoms with Gasteiger partial charge in [0.2, 0.25) is 5.78 Å². The van der Waals surface area contributed by atoms with Crippen molar-refractivity contribution < 1.29 is 13.2 Å². The topological polar surface area (TPSA) is 128 Å². The number of para-hydroxylation sites is 1. The van der Waals surface area contributed by atoms with Gasteiger partial charge in [0.25, 0.3) is 10.0 Å². The van der Waals surface area contributed by atoms with Gasteiger partial charge in [-0.25, -0.2) is 18.4 Å². The predicted molar refractivity (Wildman–Crippen MR) is 122 cm³/mol. The van der Waals surface area contributed by atoms with E-state index in [4.69, 9.17) is 17.3 Å². The number of nitrogens with two attached hydrogens (primary N) is 1. The molecule has 4 aromatic rings. The van der Waals surface area contributed by atoms with Crippen LogP contribution in [-0.2, 0) is 10.0 Å². The Morgan fingerprint density at radius 1 is 1.00 bits per heavy atom. The van der Waals surface area contributed by atoms with E-state index in [9.17, 15) is 13.2 Å². The highest BCUT2D eigenvalue weighted by atomic mass is 35.5. The van der Waals surface area contributed by atoms with Gasteiger partial charge in [-0.2, -0.15) is 0 Å². The van der Waals surface area contributed by atoms with E-state index in [0.29, 0.717) is 16.8 Å². The maximum atomic E-state index is 12.9. The summed E-state index contributed by atoms with van der Waals surface area (Å²) in [7, 11) is -3.98. The van der Waals surface area contributed by atoms with E-state index < -0.39 is 15.8 Å². The molecule has 2 aromatic heterocycles. The summed E-state index contributed by atoms with van der Waals surface area (Å²) in [4.78, 5) is 25.0. The summed E-state index contributed by atoms with van der Waals surface area (Å²) < 4.78 is 28.3. The van der Waals surface area contributed by atoms with E-state index in [2.05, 4.69) is 19.7 Å². The SMILES string of the molecule is Nc1ncc(-c2ccc(Cl)c(S(=O)(=O)Nc3ccccc3)c2)nc1C(=O)c1cccnc1. The third kappa shape index (κ3) is 4.43. The van der Waals surface area contributed by atoms with Crippen LogP contribution in [0, 0.1) is 0 Å². The Bertz CT molecular complexity index is 1400. The summed E-state index contributed by atoms with van der Waals surface area (Å²) >= 11 is 6.19. The molecule has 32 heavy (non-hydrogen) atoms. The fraction of sp³-hybridized carbons (Fsp3) is 0. The van der Waals surface area contributed by atoms with E-state index in [1.807, 2.05) is 0 Å². The monoisotopic (exact) mass is 465 g/mol. The standard InChI is InChI=1S/C22H16ClN5O3S/c23-17-9-8-14(11-19(17)32(30,31)28-16-6-2-1-3-7-16)18-13-26-22(24)20(27-18)21(29)15-5-4-10-25-12-15/h1-13,28H,(H2,24,26).